The van der Waals surface area contributed by atoms with Crippen molar-refractivity contribution in [2.45, 2.75) is 26.6 Å². The Morgan fingerprint density at radius 3 is 2.39 bits per heavy atom. The van der Waals surface area contributed by atoms with E-state index in [2.05, 4.69) is 5.32 Å². The summed E-state index contributed by atoms with van der Waals surface area (Å²) in [4.78, 5) is 23.6. The number of hydrogen-bond acceptors (Lipinski definition) is 6. The molecule has 124 valence electrons. The van der Waals surface area contributed by atoms with Gasteiger partial charge in [-0.3, -0.25) is 0 Å². The van der Waals surface area contributed by atoms with Gasteiger partial charge in [-0.05, 0) is 6.92 Å². The van der Waals surface area contributed by atoms with Crippen molar-refractivity contribution in [1.29, 1.82) is 0 Å². The summed E-state index contributed by atoms with van der Waals surface area (Å²) in [5.74, 6) is -5.18. The molecule has 0 aromatic heterocycles. The molecule has 0 unspecified atom stereocenters. The molecule has 0 saturated carbocycles. The Morgan fingerprint density at radius 1 is 1.22 bits per heavy atom. The van der Waals surface area contributed by atoms with Crippen molar-refractivity contribution in [3.63, 3.8) is 0 Å². The Kier molecular flexibility index (Phi) is 4.53. The van der Waals surface area contributed by atoms with Gasteiger partial charge in [0.2, 0.25) is 0 Å². The number of cyclic esters (lactones) is 2. The summed E-state index contributed by atoms with van der Waals surface area (Å²) in [6.45, 7) is 4.58. The number of rotatable bonds is 4. The van der Waals surface area contributed by atoms with Gasteiger partial charge in [0.25, 0.3) is 5.79 Å². The first kappa shape index (κ1) is 16.7. The van der Waals surface area contributed by atoms with Crippen LogP contribution in [0.5, 0.6) is 5.75 Å². The van der Waals surface area contributed by atoms with Crippen molar-refractivity contribution >= 4 is 17.6 Å². The highest BCUT2D eigenvalue weighted by molar-refractivity contribution is 6.15. The number of carbonyl (C=O) groups excluding carboxylic acids is 2. The summed E-state index contributed by atoms with van der Waals surface area (Å²) in [6, 6.07) is 1.63. The van der Waals surface area contributed by atoms with Crippen LogP contribution in [0.4, 0.5) is 14.5 Å². The van der Waals surface area contributed by atoms with E-state index < -0.39 is 34.9 Å². The molecule has 0 bridgehead atoms. The third kappa shape index (κ3) is 3.77. The molecule has 1 aliphatic heterocycles. The van der Waals surface area contributed by atoms with Crippen LogP contribution in [-0.2, 0) is 19.1 Å². The minimum Gasteiger partial charge on any atom is -0.489 e. The maximum atomic E-state index is 13.7. The molecular formula is C15H15F2NO5. The van der Waals surface area contributed by atoms with Gasteiger partial charge in [-0.2, -0.15) is 0 Å². The zero-order chi connectivity index (χ0) is 17.2. The summed E-state index contributed by atoms with van der Waals surface area (Å²) < 4.78 is 41.9. The van der Waals surface area contributed by atoms with E-state index in [1.54, 1.807) is 6.92 Å². The Bertz CT molecular complexity index is 663. The van der Waals surface area contributed by atoms with Crippen LogP contribution in [0.1, 0.15) is 20.8 Å². The number of nitrogens with one attached hydrogen (secondary N) is 1. The normalized spacial score (nSPS) is 16.5. The van der Waals surface area contributed by atoms with Crippen LogP contribution < -0.4 is 10.1 Å². The standard InChI is InChI=1S/C15H15F2NO5/c1-4-21-12-10(17)5-8(16)6-11(12)18-7-9-13(19)22-15(2,3)23-14(9)20/h5-7,18H,4H2,1-3H3. The highest BCUT2D eigenvalue weighted by Gasteiger charge is 2.39. The predicted octanol–water partition coefficient (Wildman–Crippen LogP) is 2.50. The lowest BCUT2D eigenvalue weighted by atomic mass is 10.2. The van der Waals surface area contributed by atoms with E-state index >= 15 is 0 Å². The number of ether oxygens (including phenoxy) is 3. The minimum atomic E-state index is -1.37. The van der Waals surface area contributed by atoms with Gasteiger partial charge in [0.1, 0.15) is 5.82 Å². The molecule has 1 N–H and O–H groups in total. The summed E-state index contributed by atoms with van der Waals surface area (Å²) in [5, 5.41) is 2.47. The van der Waals surface area contributed by atoms with E-state index in [4.69, 9.17) is 14.2 Å². The molecule has 8 heteroatoms. The number of hydrogen-bond donors (Lipinski definition) is 1. The third-order valence-electron chi connectivity index (χ3n) is 2.79. The summed E-state index contributed by atoms with van der Waals surface area (Å²) in [7, 11) is 0. The van der Waals surface area contributed by atoms with Crippen LogP contribution >= 0.6 is 0 Å². The van der Waals surface area contributed by atoms with Gasteiger partial charge >= 0.3 is 11.9 Å². The third-order valence-corrected chi connectivity index (χ3v) is 2.79. The first-order chi connectivity index (χ1) is 10.7. The molecule has 1 fully saturated rings. The lowest BCUT2D eigenvalue weighted by Crippen LogP contribution is -2.42. The Balaban J connectivity index is 2.29. The second-order valence-corrected chi connectivity index (χ2v) is 5.08. The molecule has 1 heterocycles. The van der Waals surface area contributed by atoms with E-state index in [0.29, 0.717) is 6.07 Å². The molecule has 6 nitrogen and oxygen atoms in total. The fourth-order valence-electron chi connectivity index (χ4n) is 1.89. The molecular weight excluding hydrogens is 312 g/mol. The maximum Gasteiger partial charge on any atom is 0.350 e. The fourth-order valence-corrected chi connectivity index (χ4v) is 1.89. The number of halogens is 2. The number of benzene rings is 1. The van der Waals surface area contributed by atoms with Gasteiger partial charge in [-0.15, -0.1) is 0 Å². The van der Waals surface area contributed by atoms with Crippen LogP contribution in [0.15, 0.2) is 23.9 Å². The van der Waals surface area contributed by atoms with Crippen molar-refractivity contribution in [2.75, 3.05) is 11.9 Å². The molecule has 1 saturated heterocycles. The van der Waals surface area contributed by atoms with Gasteiger partial charge in [-0.25, -0.2) is 18.4 Å². The summed E-state index contributed by atoms with van der Waals surface area (Å²) >= 11 is 0. The van der Waals surface area contributed by atoms with Crippen LogP contribution in [-0.4, -0.2) is 24.3 Å². The largest absolute Gasteiger partial charge is 0.489 e. The van der Waals surface area contributed by atoms with E-state index in [1.807, 2.05) is 0 Å². The minimum absolute atomic E-state index is 0.0812. The second kappa shape index (κ2) is 6.23. The van der Waals surface area contributed by atoms with E-state index in [-0.39, 0.29) is 18.0 Å². The van der Waals surface area contributed by atoms with Gasteiger partial charge in [0.05, 0.1) is 12.3 Å². The fraction of sp³-hybridized carbons (Fsp3) is 0.333. The van der Waals surface area contributed by atoms with Crippen molar-refractivity contribution in [2.24, 2.45) is 0 Å². The lowest BCUT2D eigenvalue weighted by Gasteiger charge is -2.29. The molecule has 0 amide bonds. The van der Waals surface area contributed by atoms with Crippen molar-refractivity contribution in [1.82, 2.24) is 0 Å². The lowest BCUT2D eigenvalue weighted by molar-refractivity contribution is -0.222. The number of esters is 2. The van der Waals surface area contributed by atoms with Crippen LogP contribution in [0.2, 0.25) is 0 Å². The molecule has 1 aliphatic rings. The van der Waals surface area contributed by atoms with Crippen molar-refractivity contribution < 1.29 is 32.6 Å². The summed E-state index contributed by atoms with van der Waals surface area (Å²) in [5.41, 5.74) is -0.515. The average Bonchev–Trinajstić information content (AvgIpc) is 2.40. The highest BCUT2D eigenvalue weighted by atomic mass is 19.1. The number of carbonyl (C=O) groups is 2. The van der Waals surface area contributed by atoms with Crippen LogP contribution in [0.3, 0.4) is 0 Å². The van der Waals surface area contributed by atoms with Gasteiger partial charge in [-0.1, -0.05) is 0 Å². The Hall–Kier alpha value is -2.64. The van der Waals surface area contributed by atoms with Crippen molar-refractivity contribution in [3.05, 3.63) is 35.5 Å². The SMILES string of the molecule is CCOc1c(F)cc(F)cc1NC=C1C(=O)OC(C)(C)OC1=O. The van der Waals surface area contributed by atoms with Crippen molar-refractivity contribution in [3.8, 4) is 5.75 Å². The predicted molar refractivity (Wildman–Crippen MR) is 75.5 cm³/mol. The first-order valence-corrected chi connectivity index (χ1v) is 6.78. The maximum absolute atomic E-state index is 13.7. The number of anilines is 1. The first-order valence-electron chi connectivity index (χ1n) is 6.78. The average molecular weight is 327 g/mol. The van der Waals surface area contributed by atoms with E-state index in [9.17, 15) is 18.4 Å². The second-order valence-electron chi connectivity index (χ2n) is 5.08. The van der Waals surface area contributed by atoms with E-state index in [1.165, 1.54) is 13.8 Å². The Morgan fingerprint density at radius 2 is 1.83 bits per heavy atom. The Labute approximate surface area is 131 Å². The van der Waals surface area contributed by atoms with Gasteiger partial charge < -0.3 is 19.5 Å². The molecule has 0 spiro atoms. The zero-order valence-corrected chi connectivity index (χ0v) is 12.7. The van der Waals surface area contributed by atoms with E-state index in [0.717, 1.165) is 12.3 Å². The van der Waals surface area contributed by atoms with Crippen LogP contribution in [0.25, 0.3) is 0 Å². The molecule has 2 rings (SSSR count). The quantitative estimate of drug-likeness (QED) is 0.520. The topological polar surface area (TPSA) is 73.9 Å². The molecule has 1 aromatic rings. The molecule has 0 atom stereocenters. The van der Waals surface area contributed by atoms with Crippen LogP contribution in [0, 0.1) is 11.6 Å². The summed E-state index contributed by atoms with van der Waals surface area (Å²) in [6.07, 6.45) is 0.955. The molecule has 0 radical (unpaired) electrons. The van der Waals surface area contributed by atoms with Gasteiger partial charge in [0.15, 0.2) is 17.1 Å². The molecule has 1 aromatic carbocycles. The highest BCUT2D eigenvalue weighted by Crippen LogP contribution is 2.30. The smallest absolute Gasteiger partial charge is 0.350 e. The molecule has 23 heavy (non-hydrogen) atoms. The van der Waals surface area contributed by atoms with Gasteiger partial charge in [0, 0.05) is 32.2 Å². The monoisotopic (exact) mass is 327 g/mol. The zero-order valence-electron chi connectivity index (χ0n) is 12.7. The molecule has 0 aliphatic carbocycles.